The summed E-state index contributed by atoms with van der Waals surface area (Å²) in [6.07, 6.45) is 3.58. The van der Waals surface area contributed by atoms with Crippen molar-refractivity contribution in [1.29, 1.82) is 5.26 Å². The van der Waals surface area contributed by atoms with Crippen molar-refractivity contribution < 1.29 is 14.7 Å². The number of hydrogen-bond acceptors (Lipinski definition) is 5. The standard InChI is InChI=1S/C21H28N4O3/c1-21(14-22,17-5-6-17)24-19(27)12-23-18-4-2-3-16(11-18)20(28)25-9-7-15(13-26)8-10-25/h2-4,11,15,17,23,26H,5-10,12-13H2,1H3,(H,24,27). The van der Waals surface area contributed by atoms with E-state index in [2.05, 4.69) is 16.7 Å². The fourth-order valence-electron chi connectivity index (χ4n) is 3.66. The lowest BCUT2D eigenvalue weighted by Crippen LogP contribution is -2.48. The second-order valence-corrected chi connectivity index (χ2v) is 7.99. The molecule has 1 atom stereocenters. The van der Waals surface area contributed by atoms with Gasteiger partial charge in [0, 0.05) is 30.9 Å². The molecule has 0 bridgehead atoms. The van der Waals surface area contributed by atoms with Crippen LogP contribution in [0.3, 0.4) is 0 Å². The molecule has 0 spiro atoms. The van der Waals surface area contributed by atoms with Crippen LogP contribution < -0.4 is 10.6 Å². The molecule has 3 rings (SSSR count). The van der Waals surface area contributed by atoms with E-state index >= 15 is 0 Å². The minimum absolute atomic E-state index is 0.0321. The number of nitrogens with one attached hydrogen (secondary N) is 2. The Morgan fingerprint density at radius 3 is 2.61 bits per heavy atom. The number of carbonyl (C=O) groups is 2. The molecule has 1 unspecified atom stereocenters. The number of hydrogen-bond donors (Lipinski definition) is 3. The van der Waals surface area contributed by atoms with Crippen LogP contribution in [-0.4, -0.2) is 53.6 Å². The van der Waals surface area contributed by atoms with Crippen molar-refractivity contribution in [3.05, 3.63) is 29.8 Å². The van der Waals surface area contributed by atoms with Gasteiger partial charge in [0.15, 0.2) is 0 Å². The highest BCUT2D eigenvalue weighted by Gasteiger charge is 2.42. The summed E-state index contributed by atoms with van der Waals surface area (Å²) in [6, 6.07) is 9.33. The highest BCUT2D eigenvalue weighted by molar-refractivity contribution is 5.95. The van der Waals surface area contributed by atoms with Gasteiger partial charge in [0.1, 0.15) is 5.54 Å². The fourth-order valence-corrected chi connectivity index (χ4v) is 3.66. The van der Waals surface area contributed by atoms with E-state index in [4.69, 9.17) is 0 Å². The molecule has 1 aromatic carbocycles. The van der Waals surface area contributed by atoms with Gasteiger partial charge in [-0.2, -0.15) is 5.26 Å². The maximum atomic E-state index is 12.7. The smallest absolute Gasteiger partial charge is 0.253 e. The number of carbonyl (C=O) groups excluding carboxylic acids is 2. The molecule has 2 aliphatic rings. The van der Waals surface area contributed by atoms with Crippen molar-refractivity contribution in [3.63, 3.8) is 0 Å². The van der Waals surface area contributed by atoms with Crippen LogP contribution in [0.2, 0.25) is 0 Å². The van der Waals surface area contributed by atoms with Gasteiger partial charge in [-0.25, -0.2) is 0 Å². The Bertz CT molecular complexity index is 763. The summed E-state index contributed by atoms with van der Waals surface area (Å²) in [5.74, 6) is 0.247. The topological polar surface area (TPSA) is 105 Å². The normalized spacial score (nSPS) is 19.4. The average Bonchev–Trinajstić information content (AvgIpc) is 3.58. The minimum Gasteiger partial charge on any atom is -0.396 e. The number of piperidine rings is 1. The van der Waals surface area contributed by atoms with Crippen LogP contribution in [0.25, 0.3) is 0 Å². The van der Waals surface area contributed by atoms with E-state index in [1.807, 2.05) is 11.0 Å². The lowest BCUT2D eigenvalue weighted by Gasteiger charge is -2.31. The summed E-state index contributed by atoms with van der Waals surface area (Å²) in [6.45, 7) is 3.29. The molecule has 1 saturated heterocycles. The van der Waals surface area contributed by atoms with Gasteiger partial charge in [-0.3, -0.25) is 9.59 Å². The molecule has 2 fully saturated rings. The number of amides is 2. The predicted molar refractivity (Wildman–Crippen MR) is 106 cm³/mol. The second kappa shape index (κ2) is 8.61. The molecule has 7 nitrogen and oxygen atoms in total. The number of anilines is 1. The molecule has 2 amide bonds. The summed E-state index contributed by atoms with van der Waals surface area (Å²) in [5, 5.41) is 24.4. The minimum atomic E-state index is -0.808. The first kappa shape index (κ1) is 20.2. The van der Waals surface area contributed by atoms with Crippen molar-refractivity contribution in [2.45, 2.75) is 38.1 Å². The van der Waals surface area contributed by atoms with E-state index in [0.29, 0.717) is 24.3 Å². The molecular weight excluding hydrogens is 356 g/mol. The average molecular weight is 384 g/mol. The number of aliphatic hydroxyl groups excluding tert-OH is 1. The van der Waals surface area contributed by atoms with E-state index in [1.165, 1.54) is 0 Å². The van der Waals surface area contributed by atoms with Gasteiger partial charge in [0.05, 0.1) is 12.6 Å². The zero-order chi connectivity index (χ0) is 20.1. The zero-order valence-corrected chi connectivity index (χ0v) is 16.3. The molecule has 7 heteroatoms. The summed E-state index contributed by atoms with van der Waals surface area (Å²) in [5.41, 5.74) is 0.459. The molecule has 1 saturated carbocycles. The van der Waals surface area contributed by atoms with Gasteiger partial charge < -0.3 is 20.6 Å². The van der Waals surface area contributed by atoms with E-state index < -0.39 is 5.54 Å². The third kappa shape index (κ3) is 4.82. The van der Waals surface area contributed by atoms with Crippen molar-refractivity contribution in [1.82, 2.24) is 10.2 Å². The third-order valence-electron chi connectivity index (χ3n) is 5.75. The first-order chi connectivity index (χ1) is 13.4. The molecule has 1 aliphatic carbocycles. The zero-order valence-electron chi connectivity index (χ0n) is 16.3. The fraction of sp³-hybridized carbons (Fsp3) is 0.571. The monoisotopic (exact) mass is 384 g/mol. The largest absolute Gasteiger partial charge is 0.396 e. The number of rotatable bonds is 7. The van der Waals surface area contributed by atoms with Crippen LogP contribution in [-0.2, 0) is 4.79 Å². The van der Waals surface area contributed by atoms with Gasteiger partial charge in [-0.1, -0.05) is 6.07 Å². The van der Waals surface area contributed by atoms with Crippen molar-refractivity contribution in [3.8, 4) is 6.07 Å². The van der Waals surface area contributed by atoms with Crippen molar-refractivity contribution in [2.24, 2.45) is 11.8 Å². The quantitative estimate of drug-likeness (QED) is 0.664. The lowest BCUT2D eigenvalue weighted by molar-refractivity contribution is -0.120. The Balaban J connectivity index is 1.54. The third-order valence-corrected chi connectivity index (χ3v) is 5.75. The van der Waals surface area contributed by atoms with Gasteiger partial charge >= 0.3 is 0 Å². The van der Waals surface area contributed by atoms with Crippen molar-refractivity contribution in [2.75, 3.05) is 31.6 Å². The van der Waals surface area contributed by atoms with E-state index in [0.717, 1.165) is 25.7 Å². The summed E-state index contributed by atoms with van der Waals surface area (Å²) in [4.78, 5) is 26.8. The Kier molecular flexibility index (Phi) is 6.20. The first-order valence-corrected chi connectivity index (χ1v) is 9.91. The van der Waals surface area contributed by atoms with E-state index in [-0.39, 0.29) is 36.8 Å². The van der Waals surface area contributed by atoms with Crippen LogP contribution in [0.1, 0.15) is 43.0 Å². The maximum absolute atomic E-state index is 12.7. The first-order valence-electron chi connectivity index (χ1n) is 9.91. The lowest BCUT2D eigenvalue weighted by atomic mass is 9.97. The van der Waals surface area contributed by atoms with Gasteiger partial charge in [-0.05, 0) is 62.6 Å². The Morgan fingerprint density at radius 1 is 1.29 bits per heavy atom. The molecule has 0 radical (unpaired) electrons. The highest BCUT2D eigenvalue weighted by Crippen LogP contribution is 2.39. The number of aliphatic hydroxyl groups is 1. The molecule has 1 aliphatic heterocycles. The molecule has 150 valence electrons. The summed E-state index contributed by atoms with van der Waals surface area (Å²) >= 11 is 0. The molecule has 1 aromatic rings. The van der Waals surface area contributed by atoms with E-state index in [1.54, 1.807) is 25.1 Å². The molecular formula is C21H28N4O3. The van der Waals surface area contributed by atoms with Crippen LogP contribution in [0.15, 0.2) is 24.3 Å². The number of benzene rings is 1. The van der Waals surface area contributed by atoms with E-state index in [9.17, 15) is 20.0 Å². The Labute approximate surface area is 165 Å². The Morgan fingerprint density at radius 2 is 2.00 bits per heavy atom. The molecule has 3 N–H and O–H groups in total. The van der Waals surface area contributed by atoms with Gasteiger partial charge in [0.25, 0.3) is 5.91 Å². The second-order valence-electron chi connectivity index (χ2n) is 7.99. The number of nitriles is 1. The summed E-state index contributed by atoms with van der Waals surface area (Å²) < 4.78 is 0. The maximum Gasteiger partial charge on any atom is 0.253 e. The molecule has 28 heavy (non-hydrogen) atoms. The van der Waals surface area contributed by atoms with Crippen molar-refractivity contribution >= 4 is 17.5 Å². The summed E-state index contributed by atoms with van der Waals surface area (Å²) in [7, 11) is 0. The van der Waals surface area contributed by atoms with Gasteiger partial charge in [0.2, 0.25) is 5.91 Å². The predicted octanol–water partition coefficient (Wildman–Crippen LogP) is 1.75. The SMILES string of the molecule is CC(C#N)(NC(=O)CNc1cccc(C(=O)N2CCC(CO)CC2)c1)C1CC1. The molecule has 0 aromatic heterocycles. The molecule has 1 heterocycles. The number of likely N-dealkylation sites (tertiary alicyclic amines) is 1. The number of nitrogens with zero attached hydrogens (tertiary/aromatic N) is 2. The van der Waals surface area contributed by atoms with Crippen LogP contribution >= 0.6 is 0 Å². The highest BCUT2D eigenvalue weighted by atomic mass is 16.3. The van der Waals surface area contributed by atoms with Crippen LogP contribution in [0, 0.1) is 23.2 Å². The van der Waals surface area contributed by atoms with Gasteiger partial charge in [-0.15, -0.1) is 0 Å². The van der Waals surface area contributed by atoms with Crippen LogP contribution in [0.5, 0.6) is 0 Å². The Hall–Kier alpha value is -2.59. The van der Waals surface area contributed by atoms with Crippen LogP contribution in [0.4, 0.5) is 5.69 Å².